The zero-order chi connectivity index (χ0) is 19.5. The third kappa shape index (κ3) is 4.17. The molecule has 1 amide bonds. The first-order valence-electron chi connectivity index (χ1n) is 10.4. The molecule has 150 valence electrons. The van der Waals surface area contributed by atoms with Gasteiger partial charge in [-0.15, -0.1) is 0 Å². The second-order valence-electron chi connectivity index (χ2n) is 8.15. The molecule has 3 heterocycles. The lowest BCUT2D eigenvalue weighted by Crippen LogP contribution is -2.43. The highest BCUT2D eigenvalue weighted by Crippen LogP contribution is 2.34. The maximum atomic E-state index is 12.7. The van der Waals surface area contributed by atoms with Crippen LogP contribution in [0.2, 0.25) is 0 Å². The topological polar surface area (TPSA) is 63.4 Å². The van der Waals surface area contributed by atoms with E-state index in [1.165, 1.54) is 18.5 Å². The van der Waals surface area contributed by atoms with Crippen LogP contribution in [0.5, 0.6) is 0 Å². The van der Waals surface area contributed by atoms with Crippen LogP contribution >= 0.6 is 0 Å². The number of carbonyl (C=O) groups is 1. The van der Waals surface area contributed by atoms with Crippen molar-refractivity contribution < 1.29 is 4.79 Å². The summed E-state index contributed by atoms with van der Waals surface area (Å²) in [6, 6.07) is 8.35. The van der Waals surface area contributed by atoms with Gasteiger partial charge in [0.1, 0.15) is 5.69 Å². The van der Waals surface area contributed by atoms with Crippen LogP contribution in [0, 0.1) is 12.8 Å². The molecule has 1 aromatic carbocycles. The van der Waals surface area contributed by atoms with Crippen LogP contribution < -0.4 is 20.4 Å². The Morgan fingerprint density at radius 2 is 1.82 bits per heavy atom. The molecule has 6 heteroatoms. The van der Waals surface area contributed by atoms with Gasteiger partial charge in [0, 0.05) is 51.2 Å². The van der Waals surface area contributed by atoms with Crippen LogP contribution in [-0.4, -0.2) is 50.2 Å². The van der Waals surface area contributed by atoms with Crippen molar-refractivity contribution in [2.24, 2.45) is 5.92 Å². The lowest BCUT2D eigenvalue weighted by molar-refractivity contribution is 0.102. The molecule has 6 nitrogen and oxygen atoms in total. The smallest absolute Gasteiger partial charge is 0.272 e. The predicted octanol–water partition coefficient (Wildman–Crippen LogP) is 3.22. The zero-order valence-corrected chi connectivity index (χ0v) is 16.9. The summed E-state index contributed by atoms with van der Waals surface area (Å²) in [6.45, 7) is 10.4. The molecule has 2 fully saturated rings. The number of amides is 1. The van der Waals surface area contributed by atoms with E-state index in [-0.39, 0.29) is 5.91 Å². The van der Waals surface area contributed by atoms with Crippen molar-refractivity contribution in [3.8, 4) is 0 Å². The molecular weight excluding hydrogens is 350 g/mol. The van der Waals surface area contributed by atoms with Crippen LogP contribution in [0.1, 0.15) is 35.8 Å². The molecule has 0 radical (unpaired) electrons. The lowest BCUT2D eigenvalue weighted by Gasteiger charge is -2.35. The second kappa shape index (κ2) is 8.27. The molecule has 3 N–H and O–H groups in total. The number of hydrogen-bond acceptors (Lipinski definition) is 4. The first-order chi connectivity index (χ1) is 13.6. The lowest BCUT2D eigenvalue weighted by atomic mass is 9.98. The molecule has 2 aliphatic rings. The first-order valence-corrected chi connectivity index (χ1v) is 10.4. The number of aromatic amines is 1. The largest absolute Gasteiger partial charge is 0.370 e. The number of nitrogens with one attached hydrogen (secondary N) is 3. The number of piperazine rings is 1. The molecule has 0 unspecified atom stereocenters. The Labute approximate surface area is 167 Å². The number of nitrogens with zero attached hydrogens (tertiary/aromatic N) is 2. The van der Waals surface area contributed by atoms with Crippen molar-refractivity contribution in [2.45, 2.75) is 26.7 Å². The van der Waals surface area contributed by atoms with Gasteiger partial charge in [-0.2, -0.15) is 0 Å². The summed E-state index contributed by atoms with van der Waals surface area (Å²) in [4.78, 5) is 20.6. The number of carbonyl (C=O) groups excluding carboxylic acids is 1. The van der Waals surface area contributed by atoms with Crippen molar-refractivity contribution in [1.82, 2.24) is 10.3 Å². The molecule has 2 aliphatic heterocycles. The second-order valence-corrected chi connectivity index (χ2v) is 8.15. The van der Waals surface area contributed by atoms with Gasteiger partial charge >= 0.3 is 0 Å². The van der Waals surface area contributed by atoms with E-state index in [9.17, 15) is 4.79 Å². The van der Waals surface area contributed by atoms with Crippen molar-refractivity contribution in [2.75, 3.05) is 54.4 Å². The Kier molecular flexibility index (Phi) is 5.57. The van der Waals surface area contributed by atoms with E-state index in [0.29, 0.717) is 5.69 Å². The molecule has 0 bridgehead atoms. The Morgan fingerprint density at radius 1 is 1.07 bits per heavy atom. The predicted molar refractivity (Wildman–Crippen MR) is 116 cm³/mol. The van der Waals surface area contributed by atoms with E-state index in [0.717, 1.165) is 62.1 Å². The number of anilines is 3. The summed E-state index contributed by atoms with van der Waals surface area (Å²) in [7, 11) is 0. The number of benzene rings is 1. The maximum Gasteiger partial charge on any atom is 0.272 e. The van der Waals surface area contributed by atoms with Gasteiger partial charge in [0.05, 0.1) is 11.4 Å². The highest BCUT2D eigenvalue weighted by atomic mass is 16.1. The third-order valence-corrected chi connectivity index (χ3v) is 5.91. The van der Waals surface area contributed by atoms with Gasteiger partial charge in [0.2, 0.25) is 0 Å². The average molecular weight is 382 g/mol. The van der Waals surface area contributed by atoms with Gasteiger partial charge in [-0.25, -0.2) is 0 Å². The highest BCUT2D eigenvalue weighted by Gasteiger charge is 2.21. The fourth-order valence-electron chi connectivity index (χ4n) is 4.08. The van der Waals surface area contributed by atoms with E-state index in [1.807, 2.05) is 19.2 Å². The Morgan fingerprint density at radius 3 is 2.50 bits per heavy atom. The molecule has 28 heavy (non-hydrogen) atoms. The van der Waals surface area contributed by atoms with Crippen LogP contribution in [0.25, 0.3) is 0 Å². The molecule has 2 saturated heterocycles. The summed E-state index contributed by atoms with van der Waals surface area (Å²) in [5.41, 5.74) is 4.93. The standard InChI is InChI=1S/C22H31N5O/c1-16-5-9-27(10-6-16)21-14-18(26-11-7-23-8-12-26)3-4-19(21)25-22(28)20-13-17(2)15-24-20/h3-4,13-16,23-24H,5-12H2,1-2H3,(H,25,28). The van der Waals surface area contributed by atoms with Gasteiger partial charge in [-0.3, -0.25) is 4.79 Å². The van der Waals surface area contributed by atoms with Crippen LogP contribution in [0.15, 0.2) is 30.5 Å². The highest BCUT2D eigenvalue weighted by molar-refractivity contribution is 6.05. The molecule has 0 aliphatic carbocycles. The molecule has 0 spiro atoms. The van der Waals surface area contributed by atoms with Crippen molar-refractivity contribution >= 4 is 23.0 Å². The van der Waals surface area contributed by atoms with E-state index in [1.54, 1.807) is 0 Å². The van der Waals surface area contributed by atoms with Gasteiger partial charge in [-0.1, -0.05) is 6.92 Å². The summed E-state index contributed by atoms with van der Waals surface area (Å²) in [6.07, 6.45) is 4.25. The number of aromatic nitrogens is 1. The number of piperidine rings is 1. The molecule has 0 saturated carbocycles. The van der Waals surface area contributed by atoms with E-state index < -0.39 is 0 Å². The van der Waals surface area contributed by atoms with Crippen molar-refractivity contribution in [1.29, 1.82) is 0 Å². The quantitative estimate of drug-likeness (QED) is 0.761. The van der Waals surface area contributed by atoms with Crippen molar-refractivity contribution in [3.05, 3.63) is 41.7 Å². The Balaban J connectivity index is 1.61. The molecule has 1 aromatic heterocycles. The SMILES string of the molecule is Cc1c[nH]c(C(=O)Nc2ccc(N3CCNCC3)cc2N2CCC(C)CC2)c1. The fraction of sp³-hybridized carbons (Fsp3) is 0.500. The molecule has 0 atom stereocenters. The molecule has 2 aromatic rings. The minimum atomic E-state index is -0.0883. The van der Waals surface area contributed by atoms with Gasteiger partial charge in [-0.05, 0) is 55.5 Å². The molecule has 4 rings (SSSR count). The first kappa shape index (κ1) is 18.9. The summed E-state index contributed by atoms with van der Waals surface area (Å²) in [5, 5.41) is 6.55. The number of aryl methyl sites for hydroxylation is 1. The Bertz CT molecular complexity index is 816. The maximum absolute atomic E-state index is 12.7. The van der Waals surface area contributed by atoms with Crippen LogP contribution in [-0.2, 0) is 0 Å². The number of rotatable bonds is 4. The minimum Gasteiger partial charge on any atom is -0.370 e. The zero-order valence-electron chi connectivity index (χ0n) is 16.9. The minimum absolute atomic E-state index is 0.0883. The summed E-state index contributed by atoms with van der Waals surface area (Å²) in [5.74, 6) is 0.683. The number of H-pyrrole nitrogens is 1. The number of hydrogen-bond donors (Lipinski definition) is 3. The van der Waals surface area contributed by atoms with Gasteiger partial charge in [0.15, 0.2) is 0 Å². The van der Waals surface area contributed by atoms with Gasteiger partial charge in [0.25, 0.3) is 5.91 Å². The van der Waals surface area contributed by atoms with E-state index in [4.69, 9.17) is 0 Å². The fourth-order valence-corrected chi connectivity index (χ4v) is 4.08. The Hall–Kier alpha value is -2.47. The normalized spacial score (nSPS) is 18.4. The van der Waals surface area contributed by atoms with E-state index >= 15 is 0 Å². The summed E-state index contributed by atoms with van der Waals surface area (Å²) >= 11 is 0. The summed E-state index contributed by atoms with van der Waals surface area (Å²) < 4.78 is 0. The van der Waals surface area contributed by atoms with Gasteiger partial charge < -0.3 is 25.4 Å². The van der Waals surface area contributed by atoms with Crippen molar-refractivity contribution in [3.63, 3.8) is 0 Å². The monoisotopic (exact) mass is 381 g/mol. The average Bonchev–Trinajstić information content (AvgIpc) is 3.16. The van der Waals surface area contributed by atoms with E-state index in [2.05, 4.69) is 50.5 Å². The molecular formula is C22H31N5O. The third-order valence-electron chi connectivity index (χ3n) is 5.91. The van der Waals surface area contributed by atoms with Crippen LogP contribution in [0.3, 0.4) is 0 Å². The van der Waals surface area contributed by atoms with Crippen LogP contribution in [0.4, 0.5) is 17.1 Å².